The van der Waals surface area contributed by atoms with Crippen LogP contribution in [0, 0.1) is 0 Å². The normalized spacial score (nSPS) is 9.50. The van der Waals surface area contributed by atoms with E-state index < -0.39 is 0 Å². The van der Waals surface area contributed by atoms with Crippen molar-refractivity contribution in [3.8, 4) is 0 Å². The minimum atomic E-state index is 0.877. The molecule has 0 saturated heterocycles. The third-order valence-corrected chi connectivity index (χ3v) is 1.51. The molecule has 38 valence electrons. The summed E-state index contributed by atoms with van der Waals surface area (Å²) < 4.78 is 0. The second-order valence-corrected chi connectivity index (χ2v) is 2.50. The Morgan fingerprint density at radius 3 is 2.17 bits per heavy atom. The molecule has 0 atom stereocenters. The van der Waals surface area contributed by atoms with Crippen molar-refractivity contribution in [2.45, 2.75) is 18.9 Å². The Bertz CT molecular complexity index is 19.5. The van der Waals surface area contributed by atoms with Crippen LogP contribution >= 0.6 is 0 Å². The molecule has 0 fully saturated rings. The van der Waals surface area contributed by atoms with Crippen molar-refractivity contribution >= 4 is 10.2 Å². The van der Waals surface area contributed by atoms with Crippen LogP contribution in [0.4, 0.5) is 0 Å². The quantitative estimate of drug-likeness (QED) is 0.378. The minimum absolute atomic E-state index is 0.877. The van der Waals surface area contributed by atoms with E-state index in [1.54, 1.807) is 0 Å². The fourth-order valence-corrected chi connectivity index (χ4v) is 0.894. The lowest BCUT2D eigenvalue weighted by molar-refractivity contribution is 0.806. The molecule has 0 aliphatic rings. The van der Waals surface area contributed by atoms with Crippen LogP contribution < -0.4 is 5.73 Å². The van der Waals surface area contributed by atoms with Crippen molar-refractivity contribution in [2.75, 3.05) is 6.54 Å². The molecule has 0 aromatic heterocycles. The van der Waals surface area contributed by atoms with Crippen LogP contribution in [0.3, 0.4) is 0 Å². The van der Waals surface area contributed by atoms with E-state index in [2.05, 4.69) is 0 Å². The monoisotopic (exact) mass is 103 g/mol. The van der Waals surface area contributed by atoms with Gasteiger partial charge in [0.1, 0.15) is 0 Å². The molecule has 6 heavy (non-hydrogen) atoms. The van der Waals surface area contributed by atoms with Crippen molar-refractivity contribution in [2.24, 2.45) is 5.73 Å². The summed E-state index contributed by atoms with van der Waals surface area (Å²) in [4.78, 5) is 0. The lowest BCUT2D eigenvalue weighted by atomic mass is 10.3. The van der Waals surface area contributed by atoms with Crippen LogP contribution in [-0.4, -0.2) is 16.8 Å². The molecule has 0 aromatic carbocycles. The van der Waals surface area contributed by atoms with E-state index >= 15 is 0 Å². The molecule has 2 heteroatoms. The molecule has 0 aromatic rings. The maximum atomic E-state index is 5.23. The van der Waals surface area contributed by atoms with Gasteiger partial charge in [-0.2, -0.15) is 0 Å². The van der Waals surface area contributed by atoms with Crippen LogP contribution in [0.25, 0.3) is 0 Å². The molecular formula is C4H13NSi. The molecule has 0 aliphatic heterocycles. The Hall–Kier alpha value is 0.177. The zero-order chi connectivity index (χ0) is 4.83. The van der Waals surface area contributed by atoms with Gasteiger partial charge in [-0.25, -0.2) is 0 Å². The summed E-state index contributed by atoms with van der Waals surface area (Å²) in [6, 6.07) is 1.41. The van der Waals surface area contributed by atoms with E-state index in [4.69, 9.17) is 5.73 Å². The van der Waals surface area contributed by atoms with Crippen molar-refractivity contribution in [3.63, 3.8) is 0 Å². The van der Waals surface area contributed by atoms with E-state index in [1.165, 1.54) is 29.1 Å². The largest absolute Gasteiger partial charge is 0.330 e. The van der Waals surface area contributed by atoms with Crippen molar-refractivity contribution in [1.29, 1.82) is 0 Å². The van der Waals surface area contributed by atoms with Gasteiger partial charge in [0.2, 0.25) is 0 Å². The molecule has 0 unspecified atom stereocenters. The SMILES string of the molecule is NCCCC[SiH3]. The lowest BCUT2D eigenvalue weighted by Crippen LogP contribution is -1.96. The van der Waals surface area contributed by atoms with Gasteiger partial charge in [0.15, 0.2) is 0 Å². The number of hydrogen-bond donors (Lipinski definition) is 1. The Morgan fingerprint density at radius 2 is 2.00 bits per heavy atom. The Labute approximate surface area is 42.3 Å². The predicted molar refractivity (Wildman–Crippen MR) is 33.0 cm³/mol. The molecule has 2 N–H and O–H groups in total. The number of nitrogens with two attached hydrogens (primary N) is 1. The standard InChI is InChI=1S/C4H13NSi/c5-3-1-2-4-6/h1-5H2,6H3. The molecular weight excluding hydrogens is 90.1 g/mol. The molecule has 0 rings (SSSR count). The topological polar surface area (TPSA) is 26.0 Å². The molecule has 0 heterocycles. The average Bonchev–Trinajstić information content (AvgIpc) is 1.61. The number of rotatable bonds is 3. The number of hydrogen-bond acceptors (Lipinski definition) is 1. The summed E-state index contributed by atoms with van der Waals surface area (Å²) in [7, 11) is 1.35. The van der Waals surface area contributed by atoms with E-state index in [-0.39, 0.29) is 0 Å². The Morgan fingerprint density at radius 1 is 1.33 bits per heavy atom. The highest BCUT2D eigenvalue weighted by Crippen LogP contribution is 1.86. The summed E-state index contributed by atoms with van der Waals surface area (Å²) in [6.07, 6.45) is 2.58. The third-order valence-electron chi connectivity index (χ3n) is 0.808. The first-order valence-electron chi connectivity index (χ1n) is 2.62. The molecule has 0 radical (unpaired) electrons. The fraction of sp³-hybridized carbons (Fsp3) is 1.00. The zero-order valence-electron chi connectivity index (χ0n) is 4.41. The van der Waals surface area contributed by atoms with Gasteiger partial charge in [-0.05, 0) is 13.0 Å². The summed E-state index contributed by atoms with van der Waals surface area (Å²) in [5.41, 5.74) is 5.23. The van der Waals surface area contributed by atoms with E-state index in [0.717, 1.165) is 6.54 Å². The van der Waals surface area contributed by atoms with Gasteiger partial charge in [0, 0.05) is 10.2 Å². The Balaban J connectivity index is 2.34. The molecule has 0 aliphatic carbocycles. The second kappa shape index (κ2) is 5.18. The fourth-order valence-electron chi connectivity index (χ4n) is 0.394. The van der Waals surface area contributed by atoms with Crippen molar-refractivity contribution < 1.29 is 0 Å². The highest BCUT2D eigenvalue weighted by molar-refractivity contribution is 6.08. The first kappa shape index (κ1) is 6.18. The highest BCUT2D eigenvalue weighted by atomic mass is 28.1. The molecule has 0 amide bonds. The van der Waals surface area contributed by atoms with Crippen LogP contribution in [0.5, 0.6) is 0 Å². The van der Waals surface area contributed by atoms with Gasteiger partial charge in [0.05, 0.1) is 0 Å². The van der Waals surface area contributed by atoms with Gasteiger partial charge in [-0.3, -0.25) is 0 Å². The molecule has 0 spiro atoms. The van der Waals surface area contributed by atoms with Crippen LogP contribution in [0.2, 0.25) is 6.04 Å². The summed E-state index contributed by atoms with van der Waals surface area (Å²) >= 11 is 0. The lowest BCUT2D eigenvalue weighted by Gasteiger charge is -1.86. The average molecular weight is 103 g/mol. The first-order valence-corrected chi connectivity index (χ1v) is 4.03. The molecule has 0 saturated carbocycles. The predicted octanol–water partition coefficient (Wildman–Crippen LogP) is -0.491. The van der Waals surface area contributed by atoms with Crippen LogP contribution in [0.15, 0.2) is 0 Å². The van der Waals surface area contributed by atoms with E-state index in [1.807, 2.05) is 0 Å². The van der Waals surface area contributed by atoms with Crippen LogP contribution in [-0.2, 0) is 0 Å². The van der Waals surface area contributed by atoms with Gasteiger partial charge < -0.3 is 5.73 Å². The first-order chi connectivity index (χ1) is 2.91. The third kappa shape index (κ3) is 4.18. The van der Waals surface area contributed by atoms with Gasteiger partial charge in [0.25, 0.3) is 0 Å². The highest BCUT2D eigenvalue weighted by Gasteiger charge is 1.75. The summed E-state index contributed by atoms with van der Waals surface area (Å²) in [5, 5.41) is 0. The smallest absolute Gasteiger partial charge is 0.00279 e. The van der Waals surface area contributed by atoms with Gasteiger partial charge >= 0.3 is 0 Å². The van der Waals surface area contributed by atoms with Crippen LogP contribution in [0.1, 0.15) is 12.8 Å². The Kier molecular flexibility index (Phi) is 5.33. The van der Waals surface area contributed by atoms with Crippen molar-refractivity contribution in [3.05, 3.63) is 0 Å². The van der Waals surface area contributed by atoms with E-state index in [9.17, 15) is 0 Å². The maximum Gasteiger partial charge on any atom is 0.00279 e. The van der Waals surface area contributed by atoms with Gasteiger partial charge in [-0.1, -0.05) is 12.5 Å². The second-order valence-electron chi connectivity index (χ2n) is 1.50. The van der Waals surface area contributed by atoms with E-state index in [0.29, 0.717) is 0 Å². The summed E-state index contributed by atoms with van der Waals surface area (Å²) in [5.74, 6) is 0. The molecule has 0 bridgehead atoms. The van der Waals surface area contributed by atoms with Crippen molar-refractivity contribution in [1.82, 2.24) is 0 Å². The molecule has 1 nitrogen and oxygen atoms in total. The van der Waals surface area contributed by atoms with Gasteiger partial charge in [-0.15, -0.1) is 0 Å². The summed E-state index contributed by atoms with van der Waals surface area (Å²) in [6.45, 7) is 0.877. The minimum Gasteiger partial charge on any atom is -0.330 e. The number of unbranched alkanes of at least 4 members (excludes halogenated alkanes) is 1. The zero-order valence-corrected chi connectivity index (χ0v) is 6.41. The maximum absolute atomic E-state index is 5.23.